The fourth-order valence-corrected chi connectivity index (χ4v) is 1.62. The molecule has 0 unspecified atom stereocenters. The Kier molecular flexibility index (Phi) is 7.73. The minimum atomic E-state index is -3.16. The van der Waals surface area contributed by atoms with E-state index in [1.165, 1.54) is 0 Å². The Bertz CT molecular complexity index is 431. The maximum atomic E-state index is 11.2. The summed E-state index contributed by atoms with van der Waals surface area (Å²) in [7, 11) is -3.16. The number of carboxylic acids is 1. The smallest absolute Gasteiger partial charge is 0.321 e. The SMILES string of the molecule is CS(=O)(=O)CCNC(=O)NC(=O)CCCCC(=O)O. The fourth-order valence-electron chi connectivity index (χ4n) is 1.15. The van der Waals surface area contributed by atoms with E-state index in [0.717, 1.165) is 6.26 Å². The van der Waals surface area contributed by atoms with Gasteiger partial charge >= 0.3 is 12.0 Å². The second-order valence-corrected chi connectivity index (χ2v) is 6.29. The van der Waals surface area contributed by atoms with Crippen LogP contribution in [-0.2, 0) is 19.4 Å². The van der Waals surface area contributed by atoms with Gasteiger partial charge in [0, 0.05) is 25.6 Å². The van der Waals surface area contributed by atoms with Crippen molar-refractivity contribution in [2.75, 3.05) is 18.6 Å². The molecule has 0 aromatic rings. The van der Waals surface area contributed by atoms with E-state index in [1.807, 2.05) is 5.32 Å². The highest BCUT2D eigenvalue weighted by Crippen LogP contribution is 1.99. The highest BCUT2D eigenvalue weighted by molar-refractivity contribution is 7.90. The van der Waals surface area contributed by atoms with Crippen LogP contribution in [0.2, 0.25) is 0 Å². The van der Waals surface area contributed by atoms with Gasteiger partial charge in [-0.2, -0.15) is 0 Å². The van der Waals surface area contributed by atoms with Crippen LogP contribution in [0.25, 0.3) is 0 Å². The van der Waals surface area contributed by atoms with Gasteiger partial charge in [-0.05, 0) is 12.8 Å². The van der Waals surface area contributed by atoms with Gasteiger partial charge in [0.15, 0.2) is 0 Å². The third-order valence-electron chi connectivity index (χ3n) is 2.06. The van der Waals surface area contributed by atoms with Crippen molar-refractivity contribution in [2.24, 2.45) is 0 Å². The van der Waals surface area contributed by atoms with Gasteiger partial charge in [-0.25, -0.2) is 13.2 Å². The lowest BCUT2D eigenvalue weighted by atomic mass is 10.2. The monoisotopic (exact) mass is 294 g/mol. The molecule has 0 radical (unpaired) electrons. The van der Waals surface area contributed by atoms with Crippen LogP contribution in [0.3, 0.4) is 0 Å². The summed E-state index contributed by atoms with van der Waals surface area (Å²) in [5.74, 6) is -1.66. The second-order valence-electron chi connectivity index (χ2n) is 4.03. The number of carbonyl (C=O) groups excluding carboxylic acids is 2. The van der Waals surface area contributed by atoms with Gasteiger partial charge in [-0.15, -0.1) is 0 Å². The zero-order valence-corrected chi connectivity index (χ0v) is 11.5. The van der Waals surface area contributed by atoms with Gasteiger partial charge in [0.2, 0.25) is 5.91 Å². The van der Waals surface area contributed by atoms with Crippen LogP contribution in [0.1, 0.15) is 25.7 Å². The molecular formula is C10H18N2O6S. The molecule has 0 aliphatic rings. The molecule has 8 nitrogen and oxygen atoms in total. The standard InChI is InChI=1S/C10H18N2O6S/c1-19(17,18)7-6-11-10(16)12-8(13)4-2-3-5-9(14)15/h2-7H2,1H3,(H,14,15)(H2,11,12,13,16). The molecule has 110 valence electrons. The molecule has 0 aromatic carbocycles. The van der Waals surface area contributed by atoms with Crippen LogP contribution < -0.4 is 10.6 Å². The lowest BCUT2D eigenvalue weighted by Gasteiger charge is -2.05. The van der Waals surface area contributed by atoms with Gasteiger partial charge in [-0.1, -0.05) is 0 Å². The zero-order chi connectivity index (χ0) is 14.9. The molecule has 19 heavy (non-hydrogen) atoms. The number of carbonyl (C=O) groups is 3. The van der Waals surface area contributed by atoms with Crippen molar-refractivity contribution in [1.82, 2.24) is 10.6 Å². The summed E-state index contributed by atoms with van der Waals surface area (Å²) in [6.07, 6.45) is 1.80. The number of imide groups is 1. The second kappa shape index (κ2) is 8.46. The molecule has 0 rings (SSSR count). The lowest BCUT2D eigenvalue weighted by molar-refractivity contribution is -0.137. The molecule has 0 bridgehead atoms. The van der Waals surface area contributed by atoms with Crippen LogP contribution in [0.4, 0.5) is 4.79 Å². The van der Waals surface area contributed by atoms with E-state index in [9.17, 15) is 22.8 Å². The predicted molar refractivity (Wildman–Crippen MR) is 67.4 cm³/mol. The number of nitrogens with one attached hydrogen (secondary N) is 2. The van der Waals surface area contributed by atoms with Crippen LogP contribution in [0.15, 0.2) is 0 Å². The number of amides is 3. The summed E-state index contributed by atoms with van der Waals surface area (Å²) in [5, 5.41) is 12.6. The minimum Gasteiger partial charge on any atom is -0.481 e. The maximum Gasteiger partial charge on any atom is 0.321 e. The number of rotatable bonds is 8. The number of hydrogen-bond donors (Lipinski definition) is 3. The summed E-state index contributed by atoms with van der Waals surface area (Å²) in [6, 6.07) is -0.758. The van der Waals surface area contributed by atoms with Crippen molar-refractivity contribution in [1.29, 1.82) is 0 Å². The topological polar surface area (TPSA) is 130 Å². The van der Waals surface area contributed by atoms with Crippen LogP contribution in [0, 0.1) is 0 Å². The molecule has 3 N–H and O–H groups in total. The lowest BCUT2D eigenvalue weighted by Crippen LogP contribution is -2.41. The first kappa shape index (κ1) is 17.4. The van der Waals surface area contributed by atoms with E-state index < -0.39 is 27.7 Å². The maximum absolute atomic E-state index is 11.2. The van der Waals surface area contributed by atoms with Gasteiger partial charge in [0.25, 0.3) is 0 Å². The molecule has 0 aliphatic carbocycles. The fraction of sp³-hybridized carbons (Fsp3) is 0.700. The average Bonchev–Trinajstić information content (AvgIpc) is 2.22. The van der Waals surface area contributed by atoms with Crippen molar-refractivity contribution in [2.45, 2.75) is 25.7 Å². The average molecular weight is 294 g/mol. The van der Waals surface area contributed by atoms with Crippen LogP contribution >= 0.6 is 0 Å². The third kappa shape index (κ3) is 12.6. The van der Waals surface area contributed by atoms with Crippen LogP contribution in [0.5, 0.6) is 0 Å². The van der Waals surface area contributed by atoms with Crippen molar-refractivity contribution in [3.05, 3.63) is 0 Å². The Balaban J connectivity index is 3.69. The highest BCUT2D eigenvalue weighted by Gasteiger charge is 2.08. The normalized spacial score (nSPS) is 10.8. The minimum absolute atomic E-state index is 0.0200. The molecule has 0 spiro atoms. The Morgan fingerprint density at radius 2 is 1.68 bits per heavy atom. The molecule has 0 aliphatic heterocycles. The summed E-state index contributed by atoms with van der Waals surface area (Å²) >= 11 is 0. The summed E-state index contributed by atoms with van der Waals surface area (Å²) in [5.41, 5.74) is 0. The molecular weight excluding hydrogens is 276 g/mol. The largest absolute Gasteiger partial charge is 0.481 e. The molecule has 9 heteroatoms. The first-order valence-electron chi connectivity index (χ1n) is 5.68. The van der Waals surface area contributed by atoms with Crippen molar-refractivity contribution < 1.29 is 27.9 Å². The molecule has 0 heterocycles. The van der Waals surface area contributed by atoms with Crippen molar-refractivity contribution in [3.63, 3.8) is 0 Å². The third-order valence-corrected chi connectivity index (χ3v) is 3.00. The molecule has 0 saturated carbocycles. The number of urea groups is 1. The number of unbranched alkanes of at least 4 members (excludes halogenated alkanes) is 1. The Morgan fingerprint density at radius 1 is 1.11 bits per heavy atom. The number of sulfone groups is 1. The number of hydrogen-bond acceptors (Lipinski definition) is 5. The molecule has 0 aromatic heterocycles. The summed E-state index contributed by atoms with van der Waals surface area (Å²) in [4.78, 5) is 32.6. The Labute approximate surface area is 111 Å². The van der Waals surface area contributed by atoms with Gasteiger partial charge in [0.05, 0.1) is 5.75 Å². The molecule has 0 saturated heterocycles. The molecule has 3 amide bonds. The Hall–Kier alpha value is -1.64. The van der Waals surface area contributed by atoms with Gasteiger partial charge < -0.3 is 10.4 Å². The zero-order valence-electron chi connectivity index (χ0n) is 10.6. The molecule has 0 fully saturated rings. The van der Waals surface area contributed by atoms with Crippen molar-refractivity contribution in [3.8, 4) is 0 Å². The quantitative estimate of drug-likeness (QED) is 0.517. The van der Waals surface area contributed by atoms with Crippen molar-refractivity contribution >= 4 is 27.7 Å². The van der Waals surface area contributed by atoms with E-state index in [0.29, 0.717) is 12.8 Å². The van der Waals surface area contributed by atoms with Gasteiger partial charge in [0.1, 0.15) is 9.84 Å². The highest BCUT2D eigenvalue weighted by atomic mass is 32.2. The first-order chi connectivity index (χ1) is 8.70. The van der Waals surface area contributed by atoms with E-state index in [1.54, 1.807) is 0 Å². The predicted octanol–water partition coefficient (Wildman–Crippen LogP) is -0.498. The molecule has 0 atom stereocenters. The van der Waals surface area contributed by atoms with Crippen LogP contribution in [-0.4, -0.2) is 50.0 Å². The number of carboxylic acid groups (broad SMARTS) is 1. The van der Waals surface area contributed by atoms with E-state index >= 15 is 0 Å². The number of aliphatic carboxylic acids is 1. The van der Waals surface area contributed by atoms with E-state index in [4.69, 9.17) is 5.11 Å². The Morgan fingerprint density at radius 3 is 2.21 bits per heavy atom. The summed E-state index contributed by atoms with van der Waals surface area (Å²) in [6.45, 7) is -0.0725. The van der Waals surface area contributed by atoms with E-state index in [2.05, 4.69) is 5.32 Å². The summed E-state index contributed by atoms with van der Waals surface area (Å²) < 4.78 is 21.6. The first-order valence-corrected chi connectivity index (χ1v) is 7.74. The van der Waals surface area contributed by atoms with E-state index in [-0.39, 0.29) is 25.1 Å². The van der Waals surface area contributed by atoms with Gasteiger partial charge in [-0.3, -0.25) is 14.9 Å².